The molecule has 9 aliphatic heterocycles. The van der Waals surface area contributed by atoms with Gasteiger partial charge in [0.15, 0.2) is 56.6 Å². The number of rotatable bonds is 27. The number of nitrogens with one attached hydrogen (secondary N) is 4. The van der Waals surface area contributed by atoms with Crippen LogP contribution < -0.4 is 21.3 Å². The Morgan fingerprint density at radius 3 is 0.982 bits per heavy atom. The summed E-state index contributed by atoms with van der Waals surface area (Å²) in [6, 6.07) is -7.44. The summed E-state index contributed by atoms with van der Waals surface area (Å²) < 4.78 is 102. The van der Waals surface area contributed by atoms with E-state index in [9.17, 15) is 137 Å². The summed E-state index contributed by atoms with van der Waals surface area (Å²) >= 11 is 0. The van der Waals surface area contributed by atoms with E-state index in [1.54, 1.807) is 0 Å². The molecule has 9 rings (SSSR count). The lowest BCUT2D eigenvalue weighted by molar-refractivity contribution is -0.402. The highest BCUT2D eigenvalue weighted by molar-refractivity contribution is 5.74. The quantitative estimate of drug-likeness (QED) is 0.0363. The van der Waals surface area contributed by atoms with Gasteiger partial charge in [-0.15, -0.1) is 0 Å². The molecule has 0 aromatic carbocycles. The smallest absolute Gasteiger partial charge is 0.217 e. The van der Waals surface area contributed by atoms with Gasteiger partial charge in [0.1, 0.15) is 207 Å². The Balaban J connectivity index is 1.01. The second-order valence-corrected chi connectivity index (χ2v) is 28.1. The molecule has 0 radical (unpaired) electrons. The lowest BCUT2D eigenvalue weighted by atomic mass is 9.93. The van der Waals surface area contributed by atoms with E-state index < -0.39 is 346 Å². The molecule has 1 unspecified atom stereocenters. The van der Waals surface area contributed by atoms with Gasteiger partial charge in [-0.25, -0.2) is 0 Å². The molecule has 0 aromatic rings. The highest BCUT2D eigenvalue weighted by Gasteiger charge is 2.62. The van der Waals surface area contributed by atoms with Crippen molar-refractivity contribution >= 4 is 23.6 Å². The van der Waals surface area contributed by atoms with Crippen molar-refractivity contribution in [2.45, 2.75) is 318 Å². The fourth-order valence-corrected chi connectivity index (χ4v) is 14.3. The molecule has 4 amide bonds. The van der Waals surface area contributed by atoms with Crippen LogP contribution in [0, 0.1) is 0 Å². The number of hydrogen-bond acceptors (Lipinski definition) is 44. The Kier molecular flexibility index (Phi) is 32.0. The van der Waals surface area contributed by atoms with Crippen LogP contribution in [0.25, 0.3) is 0 Å². The van der Waals surface area contributed by atoms with Crippen molar-refractivity contribution in [3.63, 3.8) is 0 Å². The molecule has 9 heterocycles. The molecule has 9 aliphatic rings. The number of aliphatic hydroxyl groups is 23. The molecule has 0 aliphatic carbocycles. The van der Waals surface area contributed by atoms with Crippen LogP contribution in [-0.2, 0) is 99.7 Å². The SMILES string of the molecule is CC(=O)N[C@H]1[C@H](OC[C@H]2OC(O)[C@H](NC(C)=O)[C@@H](O[C@@H]3O[C@H](CO)[C@H](O)[C@H](O[C@H]4O[C@H](CO)[C@H](O)[C@H](O)[C@H]4NC(C)=O)[C@H]3O[C@@H]3O[C@@H](C)[C@@H](O)[C@@H](O)[C@@H]3O)[C@H]2O)O[C@H](CO)[C@@H](O[C@@H]2O[C@H](CO)[C@H](O)[C@H](O[C@H]3O[C@H](CO)[C@@H](O)[C@H](O[C@@H]4O[C@H](CO)[C@H](O)[C@H](O)[C@H]4O)[C@H]3NC(C)=O)[C@H]2O[C@@H]2O[C@@H](C)[C@@H](O)[C@@H](O)[C@@H]2O)[C@@H]1O. The monoisotopic (exact) mass is 1610 g/mol. The van der Waals surface area contributed by atoms with E-state index in [1.165, 1.54) is 13.8 Å². The van der Waals surface area contributed by atoms with Crippen LogP contribution in [0.1, 0.15) is 41.5 Å². The second kappa shape index (κ2) is 39.0. The van der Waals surface area contributed by atoms with Crippen molar-refractivity contribution in [2.24, 2.45) is 0 Å². The third kappa shape index (κ3) is 19.8. The molecule has 110 heavy (non-hydrogen) atoms. The Bertz CT molecular complexity index is 2930. The van der Waals surface area contributed by atoms with Gasteiger partial charge in [-0.2, -0.15) is 0 Å². The van der Waals surface area contributed by atoms with Gasteiger partial charge in [-0.3, -0.25) is 19.2 Å². The Hall–Kier alpha value is -3.72. The van der Waals surface area contributed by atoms with E-state index in [1.807, 2.05) is 0 Å². The molecule has 0 spiro atoms. The van der Waals surface area contributed by atoms with Crippen molar-refractivity contribution < 1.29 is 217 Å². The number of amides is 4. The normalized spacial score (nSPS) is 49.6. The van der Waals surface area contributed by atoms with Gasteiger partial charge in [0.05, 0.1) is 58.5 Å². The van der Waals surface area contributed by atoms with Crippen LogP contribution in [0.15, 0.2) is 0 Å². The van der Waals surface area contributed by atoms with Crippen molar-refractivity contribution in [2.75, 3.05) is 46.2 Å². The summed E-state index contributed by atoms with van der Waals surface area (Å²) in [6.45, 7) is -1.17. The first-order valence-electron chi connectivity index (χ1n) is 35.3. The molecular formula is C62H104N4O44. The van der Waals surface area contributed by atoms with Gasteiger partial charge in [-0.1, -0.05) is 0 Å². The number of hydrogen-bond donors (Lipinski definition) is 27. The van der Waals surface area contributed by atoms with Gasteiger partial charge in [0.2, 0.25) is 23.6 Å². The lowest BCUT2D eigenvalue weighted by Crippen LogP contribution is -2.71. The molecular weight excluding hydrogens is 1500 g/mol. The summed E-state index contributed by atoms with van der Waals surface area (Å²) in [5.41, 5.74) is 0. The van der Waals surface area contributed by atoms with E-state index in [-0.39, 0.29) is 0 Å². The van der Waals surface area contributed by atoms with Gasteiger partial charge >= 0.3 is 0 Å². The van der Waals surface area contributed by atoms with Crippen LogP contribution in [-0.4, -0.2) is 463 Å². The highest BCUT2D eigenvalue weighted by atomic mass is 16.8. The molecule has 48 heteroatoms. The van der Waals surface area contributed by atoms with Gasteiger partial charge in [-0.05, 0) is 13.8 Å². The van der Waals surface area contributed by atoms with Crippen molar-refractivity contribution in [3.8, 4) is 0 Å². The molecule has 48 nitrogen and oxygen atoms in total. The van der Waals surface area contributed by atoms with Crippen LogP contribution in [0.3, 0.4) is 0 Å². The number of aliphatic hydroxyl groups excluding tert-OH is 23. The van der Waals surface area contributed by atoms with Gasteiger partial charge in [0, 0.05) is 27.7 Å². The van der Waals surface area contributed by atoms with E-state index in [0.717, 1.165) is 27.7 Å². The first-order chi connectivity index (χ1) is 51.9. The zero-order valence-electron chi connectivity index (χ0n) is 59.8. The zero-order valence-corrected chi connectivity index (χ0v) is 59.8. The standard InChI is InChI=1S/C62H104N4O44/c1-14-31(77)41(87)44(90)58(95-14)109-52-51(108-57-30(66-19(6)76)49(35(81)22(9-69)99-57)105-60-46(92)43(89)34(80)21(8-68)100-60)37(83)23(10-70)101-61(52)104-47-25(12-72)103-55(28(40(47)86)64-17(4)74)94-13-26-38(84)48(29(54(93)97-26)65-18(5)75)106-62-53(110-59-45(91)42(88)32(78)15(2)96-59)50(36(82)24(11-71)102-62)107-56-27(63-16(3)73)39(85)33(79)20(7-67)98-56/h14-15,20-62,67-72,77-93H,7-13H2,1-6H3,(H,63,73)(H,64,74)(H,65,75)(H,66,76)/t14-,15-,20+,21+,22+,23+,24+,25+,26+,27+,28+,29+,30+,31+,32+,33-,34-,35+,36-,37-,38-,39+,40+,41+,42+,43-,44-,45-,46+,47+,48+,49+,50-,51-,52+,53+,54?,55+,56+,57+,58-,59-,60-,61-,62-/m0/s1. The molecule has 0 aromatic heterocycles. The average Bonchev–Trinajstić information content (AvgIpc) is 0.762. The predicted octanol–water partition coefficient (Wildman–Crippen LogP) is -18.0. The molecule has 9 saturated heterocycles. The zero-order chi connectivity index (χ0) is 81.1. The van der Waals surface area contributed by atoms with Crippen molar-refractivity contribution in [3.05, 3.63) is 0 Å². The average molecular weight is 1610 g/mol. The first-order valence-corrected chi connectivity index (χ1v) is 35.3. The Morgan fingerprint density at radius 2 is 0.545 bits per heavy atom. The minimum Gasteiger partial charge on any atom is -0.394 e. The molecule has 9 fully saturated rings. The number of carbonyl (C=O) groups excluding carboxylic acids is 4. The van der Waals surface area contributed by atoms with Gasteiger partial charge in [0.25, 0.3) is 0 Å². The molecule has 636 valence electrons. The predicted molar refractivity (Wildman–Crippen MR) is 341 cm³/mol. The fraction of sp³-hybridized carbons (Fsp3) is 0.935. The number of ether oxygens (including phenoxy) is 17. The fourth-order valence-electron chi connectivity index (χ4n) is 14.3. The van der Waals surface area contributed by atoms with Gasteiger partial charge < -0.3 is 219 Å². The van der Waals surface area contributed by atoms with E-state index in [4.69, 9.17) is 80.5 Å². The molecule has 27 N–H and O–H groups in total. The second-order valence-electron chi connectivity index (χ2n) is 28.1. The maximum atomic E-state index is 13.2. The molecule has 0 bridgehead atoms. The molecule has 0 saturated carbocycles. The maximum Gasteiger partial charge on any atom is 0.217 e. The summed E-state index contributed by atoms with van der Waals surface area (Å²) in [5.74, 6) is -3.62. The first kappa shape index (κ1) is 90.2. The lowest BCUT2D eigenvalue weighted by Gasteiger charge is -2.52. The minimum absolute atomic E-state index is 0.837. The van der Waals surface area contributed by atoms with Crippen molar-refractivity contribution in [1.29, 1.82) is 0 Å². The summed E-state index contributed by atoms with van der Waals surface area (Å²) in [7, 11) is 0. The van der Waals surface area contributed by atoms with Crippen molar-refractivity contribution in [1.82, 2.24) is 21.3 Å². The van der Waals surface area contributed by atoms with E-state index >= 15 is 0 Å². The third-order valence-corrected chi connectivity index (χ3v) is 20.3. The van der Waals surface area contributed by atoms with Crippen LogP contribution in [0.5, 0.6) is 0 Å². The largest absolute Gasteiger partial charge is 0.394 e. The maximum absolute atomic E-state index is 13.2. The Labute approximate surface area is 624 Å². The summed E-state index contributed by atoms with van der Waals surface area (Å²) in [6.07, 6.45) is -82.2. The molecule has 45 atom stereocenters. The van der Waals surface area contributed by atoms with E-state index in [0.29, 0.717) is 0 Å². The summed E-state index contributed by atoms with van der Waals surface area (Å²) in [5, 5.41) is 265. The minimum atomic E-state index is -2.28. The van der Waals surface area contributed by atoms with Crippen LogP contribution in [0.4, 0.5) is 0 Å². The third-order valence-electron chi connectivity index (χ3n) is 20.3. The van der Waals surface area contributed by atoms with E-state index in [2.05, 4.69) is 21.3 Å². The van der Waals surface area contributed by atoms with Crippen LogP contribution in [0.2, 0.25) is 0 Å². The highest BCUT2D eigenvalue weighted by Crippen LogP contribution is 2.41. The summed E-state index contributed by atoms with van der Waals surface area (Å²) in [4.78, 5) is 51.7. The van der Waals surface area contributed by atoms with Crippen LogP contribution >= 0.6 is 0 Å². The Morgan fingerprint density at radius 1 is 0.255 bits per heavy atom. The number of carbonyl (C=O) groups is 4. The topological polar surface area (TPSA) is 739 Å².